The van der Waals surface area contributed by atoms with Gasteiger partial charge in [0, 0.05) is 5.56 Å². The molecule has 0 unspecified atom stereocenters. The van der Waals surface area contributed by atoms with Gasteiger partial charge in [-0.1, -0.05) is 25.8 Å². The van der Waals surface area contributed by atoms with Crippen molar-refractivity contribution in [3.63, 3.8) is 0 Å². The Morgan fingerprint density at radius 1 is 1.44 bits per heavy atom. The van der Waals surface area contributed by atoms with Crippen LogP contribution in [0.1, 0.15) is 36.5 Å². The predicted molar refractivity (Wildman–Crippen MR) is 64.8 cm³/mol. The van der Waals surface area contributed by atoms with Crippen molar-refractivity contribution in [2.75, 3.05) is 0 Å². The molecule has 0 aliphatic heterocycles. The number of benzene rings is 1. The maximum absolute atomic E-state index is 12.9. The van der Waals surface area contributed by atoms with E-state index >= 15 is 0 Å². The molecular formula is C13H16FNO3. The van der Waals surface area contributed by atoms with Crippen molar-refractivity contribution in [1.82, 2.24) is 5.32 Å². The zero-order chi connectivity index (χ0) is 13.5. The second-order valence-corrected chi connectivity index (χ2v) is 4.02. The van der Waals surface area contributed by atoms with Gasteiger partial charge in [-0.15, -0.1) is 0 Å². The van der Waals surface area contributed by atoms with Gasteiger partial charge in [0.15, 0.2) is 0 Å². The van der Waals surface area contributed by atoms with Crippen LogP contribution < -0.4 is 5.32 Å². The molecule has 0 bridgehead atoms. The maximum Gasteiger partial charge on any atom is 0.326 e. The van der Waals surface area contributed by atoms with Gasteiger partial charge in [0.25, 0.3) is 5.91 Å². The van der Waals surface area contributed by atoms with Crippen molar-refractivity contribution in [2.24, 2.45) is 0 Å². The van der Waals surface area contributed by atoms with E-state index in [4.69, 9.17) is 5.11 Å². The lowest BCUT2D eigenvalue weighted by molar-refractivity contribution is -0.139. The number of halogens is 1. The fraction of sp³-hybridized carbons (Fsp3) is 0.385. The third kappa shape index (κ3) is 4.16. The lowest BCUT2D eigenvalue weighted by Crippen LogP contribution is -2.40. The summed E-state index contributed by atoms with van der Waals surface area (Å²) in [4.78, 5) is 22.7. The van der Waals surface area contributed by atoms with Crippen LogP contribution in [0.2, 0.25) is 0 Å². The minimum atomic E-state index is -1.08. The van der Waals surface area contributed by atoms with Crippen LogP contribution in [-0.2, 0) is 4.79 Å². The Bertz CT molecular complexity index is 434. The van der Waals surface area contributed by atoms with Crippen LogP contribution >= 0.6 is 0 Å². The molecule has 1 atom stereocenters. The minimum Gasteiger partial charge on any atom is -0.480 e. The largest absolute Gasteiger partial charge is 0.480 e. The van der Waals surface area contributed by atoms with Crippen LogP contribution in [0.15, 0.2) is 24.3 Å². The molecule has 4 nitrogen and oxygen atoms in total. The van der Waals surface area contributed by atoms with Crippen LogP contribution in [0.4, 0.5) is 4.39 Å². The Morgan fingerprint density at radius 2 is 2.17 bits per heavy atom. The van der Waals surface area contributed by atoms with Crippen LogP contribution in [0.5, 0.6) is 0 Å². The van der Waals surface area contributed by atoms with Crippen molar-refractivity contribution in [3.8, 4) is 0 Å². The summed E-state index contributed by atoms with van der Waals surface area (Å²) in [6.45, 7) is 1.94. The zero-order valence-corrected chi connectivity index (χ0v) is 10.1. The number of aliphatic carboxylic acids is 1. The molecule has 0 aliphatic carbocycles. The summed E-state index contributed by atoms with van der Waals surface area (Å²) < 4.78 is 12.9. The molecule has 0 saturated heterocycles. The number of unbranched alkanes of at least 4 members (excludes halogenated alkanes) is 1. The molecule has 1 aromatic carbocycles. The van der Waals surface area contributed by atoms with E-state index in [0.717, 1.165) is 12.5 Å². The minimum absolute atomic E-state index is 0.123. The van der Waals surface area contributed by atoms with Crippen LogP contribution in [-0.4, -0.2) is 23.0 Å². The lowest BCUT2D eigenvalue weighted by atomic mass is 10.1. The average molecular weight is 253 g/mol. The topological polar surface area (TPSA) is 66.4 Å². The Labute approximate surface area is 105 Å². The van der Waals surface area contributed by atoms with Crippen LogP contribution in [0.3, 0.4) is 0 Å². The number of carbonyl (C=O) groups excluding carboxylic acids is 1. The summed E-state index contributed by atoms with van der Waals surface area (Å²) in [5, 5.41) is 11.4. The second kappa shape index (κ2) is 6.74. The first-order valence-electron chi connectivity index (χ1n) is 5.83. The van der Waals surface area contributed by atoms with Gasteiger partial charge >= 0.3 is 5.97 Å². The molecule has 1 aromatic rings. The van der Waals surface area contributed by atoms with E-state index in [0.29, 0.717) is 12.8 Å². The summed E-state index contributed by atoms with van der Waals surface area (Å²) in [6.07, 6.45) is 1.92. The van der Waals surface area contributed by atoms with Crippen LogP contribution in [0.25, 0.3) is 0 Å². The number of carbonyl (C=O) groups is 2. The summed E-state index contributed by atoms with van der Waals surface area (Å²) in [6, 6.07) is 4.22. The molecule has 0 radical (unpaired) electrons. The van der Waals surface area contributed by atoms with Crippen molar-refractivity contribution < 1.29 is 19.1 Å². The summed E-state index contributed by atoms with van der Waals surface area (Å²) >= 11 is 0. The van der Waals surface area contributed by atoms with E-state index in [1.54, 1.807) is 0 Å². The quantitative estimate of drug-likeness (QED) is 0.816. The summed E-state index contributed by atoms with van der Waals surface area (Å²) in [7, 11) is 0. The second-order valence-electron chi connectivity index (χ2n) is 4.02. The number of hydrogen-bond donors (Lipinski definition) is 2. The lowest BCUT2D eigenvalue weighted by Gasteiger charge is -2.14. The highest BCUT2D eigenvalue weighted by Gasteiger charge is 2.19. The standard InChI is InChI=1S/C13H16FNO3/c1-2-3-7-11(13(17)18)15-12(16)9-5-4-6-10(14)8-9/h4-6,8,11H,2-3,7H2,1H3,(H,15,16)(H,17,18)/t11-/m1/s1. The highest BCUT2D eigenvalue weighted by molar-refractivity contribution is 5.96. The summed E-state index contributed by atoms with van der Waals surface area (Å²) in [5.74, 6) is -2.17. The predicted octanol–water partition coefficient (Wildman–Crippen LogP) is 2.20. The van der Waals surface area contributed by atoms with Crippen LogP contribution in [0, 0.1) is 5.82 Å². The van der Waals surface area contributed by atoms with E-state index in [-0.39, 0.29) is 5.56 Å². The third-order valence-electron chi connectivity index (χ3n) is 2.54. The molecule has 0 saturated carbocycles. The number of carboxylic acid groups (broad SMARTS) is 1. The van der Waals surface area contributed by atoms with Gasteiger partial charge in [-0.2, -0.15) is 0 Å². The third-order valence-corrected chi connectivity index (χ3v) is 2.54. The van der Waals surface area contributed by atoms with E-state index < -0.39 is 23.7 Å². The van der Waals surface area contributed by atoms with Gasteiger partial charge in [-0.05, 0) is 24.6 Å². The highest BCUT2D eigenvalue weighted by atomic mass is 19.1. The average Bonchev–Trinajstić information content (AvgIpc) is 2.33. The van der Waals surface area contributed by atoms with E-state index in [1.165, 1.54) is 18.2 Å². The molecule has 0 aromatic heterocycles. The fourth-order valence-electron chi connectivity index (χ4n) is 1.54. The van der Waals surface area contributed by atoms with Crippen molar-refractivity contribution in [3.05, 3.63) is 35.6 Å². The highest BCUT2D eigenvalue weighted by Crippen LogP contribution is 2.06. The number of hydrogen-bond acceptors (Lipinski definition) is 2. The van der Waals surface area contributed by atoms with Crippen molar-refractivity contribution in [2.45, 2.75) is 32.2 Å². The molecule has 0 spiro atoms. The van der Waals surface area contributed by atoms with Gasteiger partial charge < -0.3 is 10.4 Å². The van der Waals surface area contributed by atoms with Gasteiger partial charge in [0.1, 0.15) is 11.9 Å². The Kier molecular flexibility index (Phi) is 5.30. The number of nitrogens with one attached hydrogen (secondary N) is 1. The monoisotopic (exact) mass is 253 g/mol. The maximum atomic E-state index is 12.9. The van der Waals surface area contributed by atoms with Crippen molar-refractivity contribution >= 4 is 11.9 Å². The molecule has 1 amide bonds. The molecule has 18 heavy (non-hydrogen) atoms. The van der Waals surface area contributed by atoms with Gasteiger partial charge in [0.2, 0.25) is 0 Å². The molecule has 98 valence electrons. The number of rotatable bonds is 6. The molecule has 1 rings (SSSR count). The smallest absolute Gasteiger partial charge is 0.326 e. The molecule has 2 N–H and O–H groups in total. The molecule has 0 aliphatic rings. The van der Waals surface area contributed by atoms with E-state index in [1.807, 2.05) is 6.92 Å². The zero-order valence-electron chi connectivity index (χ0n) is 10.1. The normalized spacial score (nSPS) is 11.9. The van der Waals surface area contributed by atoms with Gasteiger partial charge in [0.05, 0.1) is 0 Å². The first-order chi connectivity index (χ1) is 8.54. The Hall–Kier alpha value is -1.91. The van der Waals surface area contributed by atoms with Gasteiger partial charge in [-0.3, -0.25) is 4.79 Å². The molecule has 5 heteroatoms. The summed E-state index contributed by atoms with van der Waals surface area (Å²) in [5.41, 5.74) is 0.123. The number of carboxylic acids is 1. The first-order valence-corrected chi connectivity index (χ1v) is 5.83. The Morgan fingerprint density at radius 3 is 2.72 bits per heavy atom. The SMILES string of the molecule is CCCC[C@@H](NC(=O)c1cccc(F)c1)C(=O)O. The molecule has 0 fully saturated rings. The molecule has 0 heterocycles. The number of amides is 1. The van der Waals surface area contributed by atoms with E-state index in [9.17, 15) is 14.0 Å². The Balaban J connectivity index is 2.69. The van der Waals surface area contributed by atoms with Crippen molar-refractivity contribution in [1.29, 1.82) is 0 Å². The van der Waals surface area contributed by atoms with E-state index in [2.05, 4.69) is 5.32 Å². The first kappa shape index (κ1) is 14.2. The fourth-order valence-corrected chi connectivity index (χ4v) is 1.54. The molecular weight excluding hydrogens is 237 g/mol. The van der Waals surface area contributed by atoms with Gasteiger partial charge in [-0.25, -0.2) is 9.18 Å².